The first-order chi connectivity index (χ1) is 11.1. The fraction of sp³-hybridized carbons (Fsp3) is 0. The van der Waals surface area contributed by atoms with Gasteiger partial charge in [0.1, 0.15) is 29.4 Å². The summed E-state index contributed by atoms with van der Waals surface area (Å²) < 4.78 is 18.2. The van der Waals surface area contributed by atoms with Crippen molar-refractivity contribution in [2.24, 2.45) is 4.99 Å². The molecular formula is C15H12FN5O2. The van der Waals surface area contributed by atoms with Gasteiger partial charge in [-0.25, -0.2) is 19.4 Å². The highest BCUT2D eigenvalue weighted by molar-refractivity contribution is 5.93. The van der Waals surface area contributed by atoms with E-state index in [0.717, 1.165) is 6.08 Å². The lowest BCUT2D eigenvalue weighted by Crippen LogP contribution is -2.22. The molecule has 1 amide bonds. The van der Waals surface area contributed by atoms with Gasteiger partial charge in [0.25, 0.3) is 5.91 Å². The van der Waals surface area contributed by atoms with Gasteiger partial charge >= 0.3 is 0 Å². The number of carbonyl (C=O) groups is 1. The van der Waals surface area contributed by atoms with Crippen molar-refractivity contribution in [2.45, 2.75) is 0 Å². The minimum Gasteiger partial charge on any atom is -0.454 e. The van der Waals surface area contributed by atoms with Gasteiger partial charge in [-0.2, -0.15) is 0 Å². The Bertz CT molecular complexity index is 761. The predicted octanol–water partition coefficient (Wildman–Crippen LogP) is 2.42. The highest BCUT2D eigenvalue weighted by atomic mass is 19.1. The number of aliphatic imine (C=N–C) groups is 1. The summed E-state index contributed by atoms with van der Waals surface area (Å²) in [5, 5.41) is 2.35. The standard InChI is InChI=1S/C15H12FN5O2/c1-10(16)5-14(17-2)21-15(22)13-6-11(3-4-20-13)23-12-7-18-9-19-8-12/h3-9H,1-2H2,(H,21,22)/b14-5+. The molecule has 0 unspecified atom stereocenters. The van der Waals surface area contributed by atoms with Gasteiger partial charge in [-0.1, -0.05) is 6.58 Å². The molecule has 116 valence electrons. The maximum atomic E-state index is 12.7. The van der Waals surface area contributed by atoms with Crippen LogP contribution in [0.25, 0.3) is 0 Å². The number of ether oxygens (including phenoxy) is 1. The summed E-state index contributed by atoms with van der Waals surface area (Å²) in [4.78, 5) is 27.1. The van der Waals surface area contributed by atoms with E-state index in [0.29, 0.717) is 11.5 Å². The Morgan fingerprint density at radius 3 is 2.74 bits per heavy atom. The lowest BCUT2D eigenvalue weighted by molar-refractivity contribution is 0.0960. The second-order valence-electron chi connectivity index (χ2n) is 4.14. The topological polar surface area (TPSA) is 89.4 Å². The first kappa shape index (κ1) is 16.0. The number of aromatic nitrogens is 3. The Kier molecular flexibility index (Phi) is 5.24. The first-order valence-corrected chi connectivity index (χ1v) is 6.31. The minimum absolute atomic E-state index is 0.0540. The molecule has 0 radical (unpaired) electrons. The summed E-state index contributed by atoms with van der Waals surface area (Å²) in [5.41, 5.74) is 0.0540. The maximum Gasteiger partial charge on any atom is 0.275 e. The summed E-state index contributed by atoms with van der Waals surface area (Å²) in [6, 6.07) is 2.98. The van der Waals surface area contributed by atoms with E-state index in [1.165, 1.54) is 31.0 Å². The number of nitrogens with one attached hydrogen (secondary N) is 1. The zero-order valence-corrected chi connectivity index (χ0v) is 11.9. The molecule has 0 atom stereocenters. The van der Waals surface area contributed by atoms with Crippen molar-refractivity contribution in [3.63, 3.8) is 0 Å². The summed E-state index contributed by atoms with van der Waals surface area (Å²) >= 11 is 0. The van der Waals surface area contributed by atoms with Crippen molar-refractivity contribution in [3.05, 3.63) is 67.0 Å². The highest BCUT2D eigenvalue weighted by Gasteiger charge is 2.10. The maximum absolute atomic E-state index is 12.7. The molecule has 0 fully saturated rings. The Morgan fingerprint density at radius 2 is 2.09 bits per heavy atom. The van der Waals surface area contributed by atoms with Crippen molar-refractivity contribution in [1.82, 2.24) is 20.3 Å². The van der Waals surface area contributed by atoms with Gasteiger partial charge in [0.2, 0.25) is 0 Å². The van der Waals surface area contributed by atoms with E-state index in [1.54, 1.807) is 6.07 Å². The van der Waals surface area contributed by atoms with Crippen molar-refractivity contribution >= 4 is 12.6 Å². The van der Waals surface area contributed by atoms with Gasteiger partial charge in [0.05, 0.1) is 12.4 Å². The minimum atomic E-state index is -0.762. The number of allylic oxidation sites excluding steroid dienone is 2. The molecule has 0 aliphatic rings. The van der Waals surface area contributed by atoms with Crippen LogP contribution in [0.4, 0.5) is 4.39 Å². The van der Waals surface area contributed by atoms with Crippen LogP contribution in [-0.2, 0) is 0 Å². The van der Waals surface area contributed by atoms with E-state index >= 15 is 0 Å². The fourth-order valence-electron chi connectivity index (χ4n) is 1.52. The monoisotopic (exact) mass is 313 g/mol. The van der Waals surface area contributed by atoms with E-state index in [4.69, 9.17) is 4.74 Å². The van der Waals surface area contributed by atoms with Crippen molar-refractivity contribution in [3.8, 4) is 11.5 Å². The lowest BCUT2D eigenvalue weighted by atomic mass is 10.3. The summed E-state index contributed by atoms with van der Waals surface area (Å²) in [6.07, 6.45) is 6.65. The van der Waals surface area contributed by atoms with Gasteiger partial charge in [-0.15, -0.1) is 0 Å². The van der Waals surface area contributed by atoms with Crippen LogP contribution in [0.5, 0.6) is 11.5 Å². The molecule has 23 heavy (non-hydrogen) atoms. The molecule has 2 aromatic rings. The van der Waals surface area contributed by atoms with E-state index in [-0.39, 0.29) is 11.5 Å². The molecule has 0 bridgehead atoms. The number of pyridine rings is 1. The molecule has 0 spiro atoms. The number of amides is 1. The van der Waals surface area contributed by atoms with Crippen molar-refractivity contribution in [1.29, 1.82) is 0 Å². The van der Waals surface area contributed by atoms with Crippen molar-refractivity contribution in [2.75, 3.05) is 0 Å². The molecule has 0 aliphatic carbocycles. The molecule has 1 N–H and O–H groups in total. The molecule has 0 saturated carbocycles. The lowest BCUT2D eigenvalue weighted by Gasteiger charge is -2.07. The van der Waals surface area contributed by atoms with Gasteiger partial charge < -0.3 is 10.1 Å². The first-order valence-electron chi connectivity index (χ1n) is 6.31. The third kappa shape index (κ3) is 4.81. The third-order valence-electron chi connectivity index (χ3n) is 2.44. The molecular weight excluding hydrogens is 301 g/mol. The van der Waals surface area contributed by atoms with E-state index in [9.17, 15) is 9.18 Å². The van der Waals surface area contributed by atoms with Crippen LogP contribution in [-0.4, -0.2) is 27.6 Å². The zero-order valence-electron chi connectivity index (χ0n) is 11.9. The number of halogens is 1. The fourth-order valence-corrected chi connectivity index (χ4v) is 1.52. The molecule has 0 aromatic carbocycles. The normalized spacial score (nSPS) is 10.7. The molecule has 2 rings (SSSR count). The quantitative estimate of drug-likeness (QED) is 0.653. The van der Waals surface area contributed by atoms with Crippen LogP contribution < -0.4 is 10.1 Å². The predicted molar refractivity (Wildman–Crippen MR) is 81.7 cm³/mol. The Morgan fingerprint density at radius 1 is 1.35 bits per heavy atom. The Hall–Kier alpha value is -3.42. The molecule has 8 heteroatoms. The van der Waals surface area contributed by atoms with E-state index in [1.807, 2.05) is 0 Å². The van der Waals surface area contributed by atoms with Crippen LogP contribution in [0.2, 0.25) is 0 Å². The highest BCUT2D eigenvalue weighted by Crippen LogP contribution is 2.19. The second kappa shape index (κ2) is 7.55. The number of carbonyl (C=O) groups excluding carboxylic acids is 1. The summed E-state index contributed by atoms with van der Waals surface area (Å²) in [7, 11) is 0. The number of nitrogens with zero attached hydrogens (tertiary/aromatic N) is 4. The largest absolute Gasteiger partial charge is 0.454 e. The number of hydrogen-bond donors (Lipinski definition) is 1. The molecule has 0 saturated heterocycles. The SMILES string of the molecule is C=N/C(=C\C(=C)F)NC(=O)c1cc(Oc2cncnc2)ccn1. The summed E-state index contributed by atoms with van der Waals surface area (Å²) in [5.74, 6) is -0.660. The summed E-state index contributed by atoms with van der Waals surface area (Å²) in [6.45, 7) is 6.29. The number of hydrogen-bond acceptors (Lipinski definition) is 6. The van der Waals surface area contributed by atoms with Gasteiger partial charge in [-0.3, -0.25) is 9.78 Å². The average Bonchev–Trinajstić information content (AvgIpc) is 2.55. The Balaban J connectivity index is 2.14. The van der Waals surface area contributed by atoms with Crippen LogP contribution in [0.1, 0.15) is 10.5 Å². The molecule has 2 heterocycles. The smallest absolute Gasteiger partial charge is 0.275 e. The second-order valence-corrected chi connectivity index (χ2v) is 4.14. The Labute approximate surface area is 131 Å². The van der Waals surface area contributed by atoms with Gasteiger partial charge in [-0.05, 0) is 12.8 Å². The van der Waals surface area contributed by atoms with Gasteiger partial charge in [0.15, 0.2) is 5.75 Å². The zero-order chi connectivity index (χ0) is 16.7. The molecule has 0 aliphatic heterocycles. The number of rotatable bonds is 6. The van der Waals surface area contributed by atoms with Crippen molar-refractivity contribution < 1.29 is 13.9 Å². The van der Waals surface area contributed by atoms with Crippen LogP contribution in [0.15, 0.2) is 66.3 Å². The van der Waals surface area contributed by atoms with Crippen LogP contribution >= 0.6 is 0 Å². The van der Waals surface area contributed by atoms with E-state index < -0.39 is 11.7 Å². The van der Waals surface area contributed by atoms with Crippen LogP contribution in [0.3, 0.4) is 0 Å². The molecule has 2 aromatic heterocycles. The average molecular weight is 313 g/mol. The third-order valence-corrected chi connectivity index (χ3v) is 2.44. The molecule has 7 nitrogen and oxygen atoms in total. The van der Waals surface area contributed by atoms with Gasteiger partial charge in [0, 0.05) is 18.3 Å². The van der Waals surface area contributed by atoms with Crippen LogP contribution in [0, 0.1) is 0 Å². The van der Waals surface area contributed by atoms with E-state index in [2.05, 4.69) is 38.6 Å².